The van der Waals surface area contributed by atoms with E-state index in [9.17, 15) is 14.4 Å². The lowest BCUT2D eigenvalue weighted by Crippen LogP contribution is -2.44. The monoisotopic (exact) mass is 369 g/mol. The number of carboxylic acid groups (broad SMARTS) is 1. The summed E-state index contributed by atoms with van der Waals surface area (Å²) in [5.74, 6) is -1.73. The second kappa shape index (κ2) is 8.68. The number of amides is 1. The van der Waals surface area contributed by atoms with Crippen LogP contribution >= 0.6 is 15.9 Å². The zero-order chi connectivity index (χ0) is 16.7. The summed E-state index contributed by atoms with van der Waals surface area (Å²) in [6.45, 7) is 3.44. The maximum Gasteiger partial charge on any atom is 0.326 e. The molecule has 0 bridgehead atoms. The molecule has 0 aromatic heterocycles. The third-order valence-electron chi connectivity index (χ3n) is 3.19. The number of halogens is 1. The summed E-state index contributed by atoms with van der Waals surface area (Å²) in [4.78, 5) is 34.6. The molecule has 120 valence electrons. The first-order valence-corrected chi connectivity index (χ1v) is 7.87. The van der Waals surface area contributed by atoms with Crippen molar-refractivity contribution in [2.24, 2.45) is 5.92 Å². The predicted octanol–water partition coefficient (Wildman–Crippen LogP) is 2.57. The van der Waals surface area contributed by atoms with E-state index in [1.54, 1.807) is 13.8 Å². The molecule has 0 saturated carbocycles. The molecule has 1 amide bonds. The maximum atomic E-state index is 11.8. The highest BCUT2D eigenvalue weighted by Gasteiger charge is 2.23. The Kier molecular flexibility index (Phi) is 7.24. The number of rotatable bonds is 8. The van der Waals surface area contributed by atoms with Gasteiger partial charge in [0.05, 0.1) is 0 Å². The third-order valence-corrected chi connectivity index (χ3v) is 3.72. The van der Waals surface area contributed by atoms with E-state index in [2.05, 4.69) is 21.2 Å². The second-order valence-electron chi connectivity index (χ2n) is 5.47. The van der Waals surface area contributed by atoms with Crippen molar-refractivity contribution in [2.75, 3.05) is 0 Å². The van der Waals surface area contributed by atoms with E-state index in [1.165, 1.54) is 0 Å². The SMILES string of the molecule is CC(C)[C@H](NC(=O)CCC(=O)Cc1ccc(Br)cc1)C(=O)O. The molecule has 0 radical (unpaired) electrons. The molecule has 1 aromatic rings. The van der Waals surface area contributed by atoms with Gasteiger partial charge in [-0.25, -0.2) is 4.79 Å². The van der Waals surface area contributed by atoms with Crippen molar-refractivity contribution in [2.45, 2.75) is 39.2 Å². The Balaban J connectivity index is 2.41. The highest BCUT2D eigenvalue weighted by atomic mass is 79.9. The molecule has 1 atom stereocenters. The van der Waals surface area contributed by atoms with Gasteiger partial charge in [0.15, 0.2) is 0 Å². The Morgan fingerprint density at radius 3 is 2.23 bits per heavy atom. The fourth-order valence-electron chi connectivity index (χ4n) is 1.93. The Bertz CT molecular complexity index is 540. The van der Waals surface area contributed by atoms with E-state index < -0.39 is 17.9 Å². The van der Waals surface area contributed by atoms with Gasteiger partial charge in [0.25, 0.3) is 0 Å². The molecule has 0 heterocycles. The van der Waals surface area contributed by atoms with Gasteiger partial charge in [-0.1, -0.05) is 41.9 Å². The van der Waals surface area contributed by atoms with Crippen molar-refractivity contribution in [3.63, 3.8) is 0 Å². The van der Waals surface area contributed by atoms with Crippen molar-refractivity contribution >= 4 is 33.6 Å². The molecule has 0 spiro atoms. The summed E-state index contributed by atoms with van der Waals surface area (Å²) >= 11 is 3.32. The van der Waals surface area contributed by atoms with Gasteiger partial charge >= 0.3 is 5.97 Å². The molecule has 1 aromatic carbocycles. The Morgan fingerprint density at radius 1 is 1.14 bits per heavy atom. The second-order valence-corrected chi connectivity index (χ2v) is 6.39. The largest absolute Gasteiger partial charge is 0.480 e. The summed E-state index contributed by atoms with van der Waals surface area (Å²) in [6.07, 6.45) is 0.380. The van der Waals surface area contributed by atoms with Crippen LogP contribution in [0.2, 0.25) is 0 Å². The van der Waals surface area contributed by atoms with Crippen molar-refractivity contribution < 1.29 is 19.5 Å². The van der Waals surface area contributed by atoms with Crippen LogP contribution in [-0.4, -0.2) is 28.8 Å². The highest BCUT2D eigenvalue weighted by Crippen LogP contribution is 2.12. The van der Waals surface area contributed by atoms with Gasteiger partial charge in [-0.05, 0) is 23.6 Å². The lowest BCUT2D eigenvalue weighted by Gasteiger charge is -2.17. The number of nitrogens with one attached hydrogen (secondary N) is 1. The smallest absolute Gasteiger partial charge is 0.326 e. The molecular formula is C16H20BrNO4. The minimum Gasteiger partial charge on any atom is -0.480 e. The van der Waals surface area contributed by atoms with Gasteiger partial charge < -0.3 is 10.4 Å². The van der Waals surface area contributed by atoms with Crippen LogP contribution in [0.3, 0.4) is 0 Å². The van der Waals surface area contributed by atoms with E-state index >= 15 is 0 Å². The average Bonchev–Trinajstić information content (AvgIpc) is 2.44. The average molecular weight is 370 g/mol. The van der Waals surface area contributed by atoms with Crippen LogP contribution in [0.5, 0.6) is 0 Å². The van der Waals surface area contributed by atoms with Gasteiger partial charge in [-0.15, -0.1) is 0 Å². The van der Waals surface area contributed by atoms with E-state index in [1.807, 2.05) is 24.3 Å². The van der Waals surface area contributed by atoms with Gasteiger partial charge in [-0.2, -0.15) is 0 Å². The van der Waals surface area contributed by atoms with E-state index in [-0.39, 0.29) is 31.0 Å². The molecule has 0 fully saturated rings. The molecule has 0 saturated heterocycles. The first kappa shape index (κ1) is 18.4. The van der Waals surface area contributed by atoms with Crippen molar-refractivity contribution in [1.29, 1.82) is 0 Å². The molecule has 0 aliphatic carbocycles. The molecule has 0 unspecified atom stereocenters. The number of benzene rings is 1. The number of hydrogen-bond donors (Lipinski definition) is 2. The number of aliphatic carboxylic acids is 1. The normalized spacial score (nSPS) is 12.0. The molecule has 0 aliphatic rings. The first-order valence-electron chi connectivity index (χ1n) is 7.08. The topological polar surface area (TPSA) is 83.5 Å². The minimum absolute atomic E-state index is 0.00581. The van der Waals surface area contributed by atoms with Crippen LogP contribution in [0.15, 0.2) is 28.7 Å². The number of carboxylic acids is 1. The maximum absolute atomic E-state index is 11.8. The molecule has 6 heteroatoms. The number of hydrogen-bond acceptors (Lipinski definition) is 3. The number of ketones is 1. The Labute approximate surface area is 138 Å². The van der Waals surface area contributed by atoms with Crippen LogP contribution in [-0.2, 0) is 20.8 Å². The van der Waals surface area contributed by atoms with E-state index in [0.29, 0.717) is 0 Å². The molecule has 2 N–H and O–H groups in total. The highest BCUT2D eigenvalue weighted by molar-refractivity contribution is 9.10. The van der Waals surface area contributed by atoms with Crippen LogP contribution < -0.4 is 5.32 Å². The van der Waals surface area contributed by atoms with Crippen LogP contribution in [0.1, 0.15) is 32.3 Å². The summed E-state index contributed by atoms with van der Waals surface area (Å²) in [6, 6.07) is 6.49. The van der Waals surface area contributed by atoms with E-state index in [0.717, 1.165) is 10.0 Å². The zero-order valence-corrected chi connectivity index (χ0v) is 14.2. The summed E-state index contributed by atoms with van der Waals surface area (Å²) < 4.78 is 0.941. The van der Waals surface area contributed by atoms with Crippen LogP contribution in [0, 0.1) is 5.92 Å². The lowest BCUT2D eigenvalue weighted by atomic mass is 10.0. The zero-order valence-electron chi connectivity index (χ0n) is 12.6. The number of carbonyl (C=O) groups excluding carboxylic acids is 2. The molecular weight excluding hydrogens is 350 g/mol. The Hall–Kier alpha value is -1.69. The standard InChI is InChI=1S/C16H20BrNO4/c1-10(2)15(16(21)22)18-14(20)8-7-13(19)9-11-3-5-12(17)6-4-11/h3-6,10,15H,7-9H2,1-2H3,(H,18,20)(H,21,22)/t15-/m0/s1. The Morgan fingerprint density at radius 2 is 1.73 bits per heavy atom. The van der Waals surface area contributed by atoms with Gasteiger partial charge in [-0.3, -0.25) is 9.59 Å². The summed E-state index contributed by atoms with van der Waals surface area (Å²) in [5.41, 5.74) is 0.888. The number of carbonyl (C=O) groups is 3. The third kappa shape index (κ3) is 6.39. The van der Waals surface area contributed by atoms with Crippen molar-refractivity contribution in [3.8, 4) is 0 Å². The minimum atomic E-state index is -1.07. The fraction of sp³-hybridized carbons (Fsp3) is 0.438. The number of Topliss-reactive ketones (excluding diaryl/α,β-unsaturated/α-hetero) is 1. The predicted molar refractivity (Wildman–Crippen MR) is 86.5 cm³/mol. The molecule has 0 aliphatic heterocycles. The summed E-state index contributed by atoms with van der Waals surface area (Å²) in [7, 11) is 0. The van der Waals surface area contributed by atoms with Crippen molar-refractivity contribution in [1.82, 2.24) is 5.32 Å². The quantitative estimate of drug-likeness (QED) is 0.737. The molecule has 5 nitrogen and oxygen atoms in total. The van der Waals surface area contributed by atoms with Crippen LogP contribution in [0.4, 0.5) is 0 Å². The van der Waals surface area contributed by atoms with Gasteiger partial charge in [0.1, 0.15) is 11.8 Å². The molecule has 22 heavy (non-hydrogen) atoms. The fourth-order valence-corrected chi connectivity index (χ4v) is 2.19. The van der Waals surface area contributed by atoms with Crippen LogP contribution in [0.25, 0.3) is 0 Å². The van der Waals surface area contributed by atoms with Crippen molar-refractivity contribution in [3.05, 3.63) is 34.3 Å². The first-order chi connectivity index (χ1) is 10.3. The molecule has 1 rings (SSSR count). The van der Waals surface area contributed by atoms with Gasteiger partial charge in [0, 0.05) is 23.7 Å². The lowest BCUT2D eigenvalue weighted by molar-refractivity contribution is -0.143. The summed E-state index contributed by atoms with van der Waals surface area (Å²) in [5, 5.41) is 11.4. The van der Waals surface area contributed by atoms with E-state index in [4.69, 9.17) is 5.11 Å². The van der Waals surface area contributed by atoms with Gasteiger partial charge in [0.2, 0.25) is 5.91 Å².